The highest BCUT2D eigenvalue weighted by molar-refractivity contribution is 5.33. The van der Waals surface area contributed by atoms with E-state index in [1.54, 1.807) is 18.2 Å². The van der Waals surface area contributed by atoms with Crippen molar-refractivity contribution in [3.8, 4) is 11.5 Å². The maximum Gasteiger partial charge on any atom is 0.416 e. The maximum atomic E-state index is 12.3. The van der Waals surface area contributed by atoms with Crippen LogP contribution in [0, 0.1) is 0 Å². The van der Waals surface area contributed by atoms with E-state index in [9.17, 15) is 18.3 Å². The van der Waals surface area contributed by atoms with Crippen LogP contribution >= 0.6 is 0 Å². The van der Waals surface area contributed by atoms with E-state index >= 15 is 0 Å². The van der Waals surface area contributed by atoms with Gasteiger partial charge in [-0.25, -0.2) is 0 Å². The summed E-state index contributed by atoms with van der Waals surface area (Å²) in [6.07, 6.45) is -4.35. The van der Waals surface area contributed by atoms with Gasteiger partial charge in [0.05, 0.1) is 5.56 Å². The van der Waals surface area contributed by atoms with Gasteiger partial charge in [-0.2, -0.15) is 13.2 Å². The molecule has 1 N–H and O–H groups in total. The molecule has 2 aromatic rings. The molecule has 2 rings (SSSR count). The third-order valence-corrected chi connectivity index (χ3v) is 2.57. The van der Waals surface area contributed by atoms with Crippen molar-refractivity contribution in [3.63, 3.8) is 0 Å². The van der Waals surface area contributed by atoms with E-state index in [4.69, 9.17) is 4.74 Å². The van der Waals surface area contributed by atoms with E-state index in [1.807, 2.05) is 0 Å². The summed E-state index contributed by atoms with van der Waals surface area (Å²) in [5, 5.41) is 9.51. The van der Waals surface area contributed by atoms with Crippen LogP contribution in [-0.2, 0) is 12.8 Å². The van der Waals surface area contributed by atoms with Gasteiger partial charge in [0.1, 0.15) is 18.1 Å². The minimum atomic E-state index is -4.35. The zero-order valence-electron chi connectivity index (χ0n) is 9.82. The molecule has 0 spiro atoms. The van der Waals surface area contributed by atoms with Crippen LogP contribution in [0.3, 0.4) is 0 Å². The molecule has 100 valence electrons. The standard InChI is InChI=1S/C14H11F3O2/c15-14(16,17)11-5-7-12(8-6-11)19-9-10-3-1-2-4-13(10)18/h1-8,18H,9H2. The van der Waals surface area contributed by atoms with Crippen molar-refractivity contribution in [3.05, 3.63) is 59.7 Å². The molecule has 0 aliphatic heterocycles. The average molecular weight is 268 g/mol. The quantitative estimate of drug-likeness (QED) is 0.912. The van der Waals surface area contributed by atoms with E-state index < -0.39 is 11.7 Å². The Morgan fingerprint density at radius 2 is 1.58 bits per heavy atom. The lowest BCUT2D eigenvalue weighted by atomic mass is 10.2. The SMILES string of the molecule is Oc1ccccc1COc1ccc(C(F)(F)F)cc1. The molecule has 0 radical (unpaired) electrons. The monoisotopic (exact) mass is 268 g/mol. The van der Waals surface area contributed by atoms with Crippen LogP contribution in [0.4, 0.5) is 13.2 Å². The minimum Gasteiger partial charge on any atom is -0.508 e. The lowest BCUT2D eigenvalue weighted by Gasteiger charge is -2.10. The first-order chi connectivity index (χ1) is 8.97. The molecule has 0 bridgehead atoms. The lowest BCUT2D eigenvalue weighted by molar-refractivity contribution is -0.137. The van der Waals surface area contributed by atoms with Crippen molar-refractivity contribution in [2.75, 3.05) is 0 Å². The van der Waals surface area contributed by atoms with Crippen LogP contribution in [0.5, 0.6) is 11.5 Å². The van der Waals surface area contributed by atoms with Crippen molar-refractivity contribution in [2.24, 2.45) is 0 Å². The zero-order valence-corrected chi connectivity index (χ0v) is 9.82. The second kappa shape index (κ2) is 5.22. The van der Waals surface area contributed by atoms with Crippen LogP contribution in [-0.4, -0.2) is 5.11 Å². The molecule has 0 saturated carbocycles. The molecule has 0 aromatic heterocycles. The van der Waals surface area contributed by atoms with Crippen LogP contribution in [0.25, 0.3) is 0 Å². The van der Waals surface area contributed by atoms with Crippen molar-refractivity contribution in [1.29, 1.82) is 0 Å². The predicted molar refractivity (Wildman–Crippen MR) is 63.9 cm³/mol. The largest absolute Gasteiger partial charge is 0.508 e. The Hall–Kier alpha value is -2.17. The second-order valence-corrected chi connectivity index (χ2v) is 3.94. The number of alkyl halides is 3. The summed E-state index contributed by atoms with van der Waals surface area (Å²) < 4.78 is 42.4. The van der Waals surface area contributed by atoms with Gasteiger partial charge in [0.15, 0.2) is 0 Å². The lowest BCUT2D eigenvalue weighted by Crippen LogP contribution is -2.04. The number of rotatable bonds is 3. The highest BCUT2D eigenvalue weighted by atomic mass is 19.4. The van der Waals surface area contributed by atoms with Crippen molar-refractivity contribution < 1.29 is 23.0 Å². The summed E-state index contributed by atoms with van der Waals surface area (Å²) in [7, 11) is 0. The predicted octanol–water partition coefficient (Wildman–Crippen LogP) is 3.99. The van der Waals surface area contributed by atoms with E-state index in [2.05, 4.69) is 0 Å². The third kappa shape index (κ3) is 3.40. The van der Waals surface area contributed by atoms with Crippen LogP contribution in [0.2, 0.25) is 0 Å². The molecule has 0 heterocycles. The van der Waals surface area contributed by atoms with Gasteiger partial charge < -0.3 is 9.84 Å². The van der Waals surface area contributed by atoms with Crippen molar-refractivity contribution in [2.45, 2.75) is 12.8 Å². The molecule has 0 fully saturated rings. The number of para-hydroxylation sites is 1. The maximum absolute atomic E-state index is 12.3. The number of phenolic OH excluding ortho intramolecular Hbond substituents is 1. The number of hydrogen-bond acceptors (Lipinski definition) is 2. The highest BCUT2D eigenvalue weighted by Gasteiger charge is 2.29. The summed E-state index contributed by atoms with van der Waals surface area (Å²) in [6.45, 7) is 0.0953. The first kappa shape index (κ1) is 13.3. The molecule has 0 aliphatic rings. The number of benzene rings is 2. The zero-order chi connectivity index (χ0) is 13.9. The number of aromatic hydroxyl groups is 1. The fraction of sp³-hybridized carbons (Fsp3) is 0.143. The van der Waals surface area contributed by atoms with Gasteiger partial charge in [-0.05, 0) is 30.3 Å². The molecule has 0 unspecified atom stereocenters. The molecular formula is C14H11F3O2. The minimum absolute atomic E-state index is 0.0920. The Morgan fingerprint density at radius 1 is 0.947 bits per heavy atom. The Morgan fingerprint density at radius 3 is 2.16 bits per heavy atom. The molecular weight excluding hydrogens is 257 g/mol. The summed E-state index contributed by atoms with van der Waals surface area (Å²) >= 11 is 0. The van der Waals surface area contributed by atoms with E-state index in [-0.39, 0.29) is 12.4 Å². The van der Waals surface area contributed by atoms with Gasteiger partial charge in [-0.15, -0.1) is 0 Å². The number of ether oxygens (including phenoxy) is 1. The fourth-order valence-electron chi connectivity index (χ4n) is 1.53. The van der Waals surface area contributed by atoms with Crippen LogP contribution in [0.1, 0.15) is 11.1 Å². The molecule has 0 amide bonds. The van der Waals surface area contributed by atoms with E-state index in [0.717, 1.165) is 12.1 Å². The Labute approximate surface area is 108 Å². The Bertz CT molecular complexity index is 547. The van der Waals surface area contributed by atoms with Gasteiger partial charge in [0.2, 0.25) is 0 Å². The molecule has 0 atom stereocenters. The second-order valence-electron chi connectivity index (χ2n) is 3.94. The molecule has 19 heavy (non-hydrogen) atoms. The van der Waals surface area contributed by atoms with Gasteiger partial charge in [0.25, 0.3) is 0 Å². The highest BCUT2D eigenvalue weighted by Crippen LogP contribution is 2.30. The van der Waals surface area contributed by atoms with Gasteiger partial charge >= 0.3 is 6.18 Å². The van der Waals surface area contributed by atoms with Crippen molar-refractivity contribution in [1.82, 2.24) is 0 Å². The first-order valence-corrected chi connectivity index (χ1v) is 5.54. The topological polar surface area (TPSA) is 29.5 Å². The molecule has 5 heteroatoms. The first-order valence-electron chi connectivity index (χ1n) is 5.54. The van der Waals surface area contributed by atoms with E-state index in [0.29, 0.717) is 11.3 Å². The number of hydrogen-bond donors (Lipinski definition) is 1. The summed E-state index contributed by atoms with van der Waals surface area (Å²) in [5.41, 5.74) is -0.148. The summed E-state index contributed by atoms with van der Waals surface area (Å²) in [5.74, 6) is 0.408. The Balaban J connectivity index is 2.03. The number of phenols is 1. The summed E-state index contributed by atoms with van der Waals surface area (Å²) in [6, 6.07) is 11.0. The Kier molecular flexibility index (Phi) is 3.64. The third-order valence-electron chi connectivity index (χ3n) is 2.57. The number of halogens is 3. The summed E-state index contributed by atoms with van der Waals surface area (Å²) in [4.78, 5) is 0. The molecule has 2 nitrogen and oxygen atoms in total. The van der Waals surface area contributed by atoms with Crippen LogP contribution in [0.15, 0.2) is 48.5 Å². The fourth-order valence-corrected chi connectivity index (χ4v) is 1.53. The average Bonchev–Trinajstić information content (AvgIpc) is 2.37. The van der Waals surface area contributed by atoms with Gasteiger partial charge in [-0.3, -0.25) is 0 Å². The van der Waals surface area contributed by atoms with Crippen LogP contribution < -0.4 is 4.74 Å². The van der Waals surface area contributed by atoms with Gasteiger partial charge in [0, 0.05) is 5.56 Å². The molecule has 2 aromatic carbocycles. The van der Waals surface area contributed by atoms with Gasteiger partial charge in [-0.1, -0.05) is 18.2 Å². The smallest absolute Gasteiger partial charge is 0.416 e. The normalized spacial score (nSPS) is 11.3. The molecule has 0 aliphatic carbocycles. The van der Waals surface area contributed by atoms with E-state index in [1.165, 1.54) is 18.2 Å². The van der Waals surface area contributed by atoms with Crippen molar-refractivity contribution >= 4 is 0 Å². The molecule has 0 saturated heterocycles.